The molecule has 2 N–H and O–H groups in total. The van der Waals surface area contributed by atoms with Crippen LogP contribution in [0, 0.1) is 0 Å². The Morgan fingerprint density at radius 1 is 1.45 bits per heavy atom. The maximum Gasteiger partial charge on any atom is 0.390 e. The van der Waals surface area contributed by atoms with Crippen molar-refractivity contribution in [2.45, 2.75) is 12.6 Å². The van der Waals surface area contributed by atoms with E-state index in [1.54, 1.807) is 0 Å². The zero-order valence-electron chi connectivity index (χ0n) is 11.9. The minimum atomic E-state index is -4.27. The number of hydrogen-bond acceptors (Lipinski definition) is 5. The molecule has 0 saturated heterocycles. The summed E-state index contributed by atoms with van der Waals surface area (Å²) in [6.45, 7) is -0.342. The minimum Gasteiger partial charge on any atom is -0.480 e. The molecule has 0 bridgehead atoms. The second-order valence-corrected chi connectivity index (χ2v) is 4.37. The highest BCUT2D eigenvalue weighted by Gasteiger charge is 2.26. The van der Waals surface area contributed by atoms with Crippen LogP contribution in [0.25, 0.3) is 5.65 Å². The normalized spacial score (nSPS) is 11.5. The van der Waals surface area contributed by atoms with E-state index in [-0.39, 0.29) is 29.5 Å². The molecule has 0 aliphatic rings. The average molecular weight is 317 g/mol. The van der Waals surface area contributed by atoms with E-state index in [0.29, 0.717) is 0 Å². The van der Waals surface area contributed by atoms with Crippen LogP contribution in [0.3, 0.4) is 0 Å². The number of anilines is 1. The maximum atomic E-state index is 12.2. The van der Waals surface area contributed by atoms with Gasteiger partial charge in [-0.1, -0.05) is 0 Å². The van der Waals surface area contributed by atoms with Crippen molar-refractivity contribution in [3.63, 3.8) is 0 Å². The van der Waals surface area contributed by atoms with Crippen molar-refractivity contribution in [2.75, 3.05) is 26.0 Å². The highest BCUT2D eigenvalue weighted by molar-refractivity contribution is 5.93. The molecule has 1 amide bonds. The van der Waals surface area contributed by atoms with Crippen molar-refractivity contribution < 1.29 is 22.7 Å². The van der Waals surface area contributed by atoms with Crippen LogP contribution in [-0.4, -0.2) is 47.4 Å². The average Bonchev–Trinajstić information content (AvgIpc) is 2.88. The number of carbonyl (C=O) groups is 1. The van der Waals surface area contributed by atoms with E-state index in [4.69, 9.17) is 4.74 Å². The summed E-state index contributed by atoms with van der Waals surface area (Å²) in [6, 6.07) is 1.34. The van der Waals surface area contributed by atoms with Crippen molar-refractivity contribution in [3.8, 4) is 5.88 Å². The summed E-state index contributed by atoms with van der Waals surface area (Å²) in [4.78, 5) is 15.7. The Morgan fingerprint density at radius 2 is 2.18 bits per heavy atom. The summed E-state index contributed by atoms with van der Waals surface area (Å²) in [5, 5.41) is 9.05. The van der Waals surface area contributed by atoms with Crippen LogP contribution in [0.1, 0.15) is 16.9 Å². The van der Waals surface area contributed by atoms with Crippen molar-refractivity contribution >= 4 is 17.2 Å². The van der Waals surface area contributed by atoms with Crippen LogP contribution in [-0.2, 0) is 0 Å². The van der Waals surface area contributed by atoms with Gasteiger partial charge in [0.25, 0.3) is 5.91 Å². The Balaban J connectivity index is 2.36. The Morgan fingerprint density at radius 3 is 2.77 bits per heavy atom. The smallest absolute Gasteiger partial charge is 0.390 e. The molecule has 10 heteroatoms. The maximum absolute atomic E-state index is 12.2. The van der Waals surface area contributed by atoms with Gasteiger partial charge >= 0.3 is 6.18 Å². The third kappa shape index (κ3) is 3.57. The van der Waals surface area contributed by atoms with Gasteiger partial charge in [0.2, 0.25) is 5.88 Å². The third-order valence-electron chi connectivity index (χ3n) is 2.80. The quantitative estimate of drug-likeness (QED) is 0.873. The van der Waals surface area contributed by atoms with Gasteiger partial charge in [0.1, 0.15) is 0 Å². The Labute approximate surface area is 123 Å². The molecule has 0 unspecified atom stereocenters. The largest absolute Gasteiger partial charge is 0.480 e. The van der Waals surface area contributed by atoms with E-state index in [9.17, 15) is 18.0 Å². The summed E-state index contributed by atoms with van der Waals surface area (Å²) in [7, 11) is 2.83. The number of nitrogens with one attached hydrogen (secondary N) is 2. The molecular formula is C12H14F3N5O2. The van der Waals surface area contributed by atoms with Crippen molar-refractivity contribution in [1.29, 1.82) is 0 Å². The summed E-state index contributed by atoms with van der Waals surface area (Å²) in [5.41, 5.74) is 0.581. The zero-order valence-corrected chi connectivity index (χ0v) is 11.9. The number of nitrogens with zero attached hydrogens (tertiary/aromatic N) is 3. The molecule has 120 valence electrons. The molecule has 0 spiro atoms. The van der Waals surface area contributed by atoms with Gasteiger partial charge in [-0.15, -0.1) is 0 Å². The first-order chi connectivity index (χ1) is 10.3. The number of hydrogen-bond donors (Lipinski definition) is 2. The summed E-state index contributed by atoms with van der Waals surface area (Å²) >= 11 is 0. The van der Waals surface area contributed by atoms with Gasteiger partial charge in [0.15, 0.2) is 11.3 Å². The number of carbonyl (C=O) groups excluding carboxylic acids is 1. The molecule has 0 aliphatic heterocycles. The zero-order chi connectivity index (χ0) is 16.3. The van der Waals surface area contributed by atoms with Gasteiger partial charge in [0, 0.05) is 13.6 Å². The topological polar surface area (TPSA) is 80.5 Å². The lowest BCUT2D eigenvalue weighted by atomic mass is 10.3. The SMILES string of the molecule is CNC(=O)c1cc(NCCC(F)(F)F)c2nc(OC)cn2n1. The van der Waals surface area contributed by atoms with E-state index in [1.807, 2.05) is 0 Å². The highest BCUT2D eigenvalue weighted by Crippen LogP contribution is 2.23. The monoisotopic (exact) mass is 317 g/mol. The number of amides is 1. The van der Waals surface area contributed by atoms with Crippen LogP contribution >= 0.6 is 0 Å². The Bertz CT molecular complexity index is 683. The first-order valence-corrected chi connectivity index (χ1v) is 6.31. The molecule has 2 aromatic heterocycles. The van der Waals surface area contributed by atoms with E-state index in [1.165, 1.54) is 30.9 Å². The van der Waals surface area contributed by atoms with Gasteiger partial charge in [-0.25, -0.2) is 4.52 Å². The molecule has 0 radical (unpaired) electrons. The molecule has 0 saturated carbocycles. The molecule has 7 nitrogen and oxygen atoms in total. The predicted octanol–water partition coefficient (Wildman–Crippen LogP) is 1.46. The van der Waals surface area contributed by atoms with Crippen molar-refractivity contribution in [1.82, 2.24) is 19.9 Å². The summed E-state index contributed by atoms with van der Waals surface area (Å²) in [6.07, 6.45) is -3.85. The van der Waals surface area contributed by atoms with Gasteiger partial charge in [-0.3, -0.25) is 4.79 Å². The van der Waals surface area contributed by atoms with Crippen LogP contribution in [0.5, 0.6) is 5.88 Å². The molecule has 2 aromatic rings. The van der Waals surface area contributed by atoms with Crippen molar-refractivity contribution in [2.24, 2.45) is 0 Å². The van der Waals surface area contributed by atoms with E-state index >= 15 is 0 Å². The molecule has 2 heterocycles. The molecule has 0 aromatic carbocycles. The van der Waals surface area contributed by atoms with Crippen LogP contribution in [0.2, 0.25) is 0 Å². The molecule has 22 heavy (non-hydrogen) atoms. The first-order valence-electron chi connectivity index (χ1n) is 6.31. The third-order valence-corrected chi connectivity index (χ3v) is 2.80. The lowest BCUT2D eigenvalue weighted by Gasteiger charge is -2.10. The minimum absolute atomic E-state index is 0.0459. The van der Waals surface area contributed by atoms with E-state index < -0.39 is 18.5 Å². The fourth-order valence-electron chi connectivity index (χ4n) is 1.76. The number of methoxy groups -OCH3 is 1. The van der Waals surface area contributed by atoms with Gasteiger partial charge in [-0.2, -0.15) is 23.3 Å². The predicted molar refractivity (Wildman–Crippen MR) is 72.1 cm³/mol. The number of alkyl halides is 3. The van der Waals surface area contributed by atoms with Crippen LogP contribution in [0.4, 0.5) is 18.9 Å². The number of aromatic nitrogens is 3. The Kier molecular flexibility index (Phi) is 4.38. The number of fused-ring (bicyclic) bond motifs is 1. The standard InChI is InChI=1S/C12H14F3N5O2/c1-16-11(21)8-5-7(17-4-3-12(13,14)15)10-18-9(22-2)6-20(10)19-8/h5-6,17H,3-4H2,1-2H3,(H,16,21). The fraction of sp³-hybridized carbons (Fsp3) is 0.417. The first kappa shape index (κ1) is 15.9. The summed E-state index contributed by atoms with van der Waals surface area (Å²) < 4.78 is 42.9. The van der Waals surface area contributed by atoms with E-state index in [0.717, 1.165) is 0 Å². The van der Waals surface area contributed by atoms with Crippen LogP contribution < -0.4 is 15.4 Å². The molecule has 2 rings (SSSR count). The Hall–Kier alpha value is -2.52. The molecule has 0 aliphatic carbocycles. The number of ether oxygens (including phenoxy) is 1. The van der Waals surface area contributed by atoms with Crippen LogP contribution in [0.15, 0.2) is 12.3 Å². The fourth-order valence-corrected chi connectivity index (χ4v) is 1.76. The lowest BCUT2D eigenvalue weighted by Crippen LogP contribution is -2.21. The number of imidazole rings is 1. The van der Waals surface area contributed by atoms with Gasteiger partial charge < -0.3 is 15.4 Å². The summed E-state index contributed by atoms with van der Waals surface area (Å²) in [5.74, 6) is -0.228. The second kappa shape index (κ2) is 6.08. The van der Waals surface area contributed by atoms with Crippen molar-refractivity contribution in [3.05, 3.63) is 18.0 Å². The molecule has 0 atom stereocenters. The molecular weight excluding hydrogens is 303 g/mol. The molecule has 0 fully saturated rings. The van der Waals surface area contributed by atoms with Gasteiger partial charge in [0.05, 0.1) is 25.4 Å². The lowest BCUT2D eigenvalue weighted by molar-refractivity contribution is -0.131. The van der Waals surface area contributed by atoms with E-state index in [2.05, 4.69) is 20.7 Å². The second-order valence-electron chi connectivity index (χ2n) is 4.37. The number of rotatable bonds is 5. The number of halogens is 3. The van der Waals surface area contributed by atoms with Gasteiger partial charge in [-0.05, 0) is 6.07 Å². The highest BCUT2D eigenvalue weighted by atomic mass is 19.4.